The molecule has 3 rings (SSSR count). The van der Waals surface area contributed by atoms with Crippen molar-refractivity contribution in [2.45, 2.75) is 19.8 Å². The normalized spacial score (nSPS) is 11.4. The Bertz CT molecular complexity index is 993. The second-order valence-corrected chi connectivity index (χ2v) is 8.28. The minimum atomic E-state index is -0.789. The highest BCUT2D eigenvalue weighted by molar-refractivity contribution is 9.10. The first-order valence-electron chi connectivity index (χ1n) is 9.58. The van der Waals surface area contributed by atoms with E-state index in [-0.39, 0.29) is 6.42 Å². The molecule has 0 aliphatic rings. The number of aryl methyl sites for hydroxylation is 2. The van der Waals surface area contributed by atoms with Crippen LogP contribution in [0.15, 0.2) is 77.3 Å². The van der Waals surface area contributed by atoms with Crippen LogP contribution in [0.3, 0.4) is 0 Å². The van der Waals surface area contributed by atoms with E-state index in [0.717, 1.165) is 38.0 Å². The summed E-state index contributed by atoms with van der Waals surface area (Å²) in [5, 5.41) is 9.56. The van der Waals surface area contributed by atoms with Gasteiger partial charge in [0, 0.05) is 15.9 Å². The standard InChI is InChI=1S/C25H22BrClO3/c1-17-16-23(12-6-18(17)7-13-25(28)29)30-15-14-24(19-2-8-21(26)9-3-19)20-4-10-22(27)11-5-20/h2-6,8-12,14,16H,7,13,15H2,1H3,(H,28,29)/b24-14+. The fourth-order valence-electron chi connectivity index (χ4n) is 3.16. The number of hydrogen-bond acceptors (Lipinski definition) is 2. The minimum absolute atomic E-state index is 0.126. The third-order valence-electron chi connectivity index (χ3n) is 4.77. The van der Waals surface area contributed by atoms with Gasteiger partial charge in [-0.2, -0.15) is 0 Å². The van der Waals surface area contributed by atoms with Gasteiger partial charge in [-0.05, 0) is 83.6 Å². The fraction of sp³-hybridized carbons (Fsp3) is 0.160. The zero-order valence-corrected chi connectivity index (χ0v) is 18.9. The molecular weight excluding hydrogens is 464 g/mol. The summed E-state index contributed by atoms with van der Waals surface area (Å²) >= 11 is 9.53. The first-order valence-corrected chi connectivity index (χ1v) is 10.8. The molecule has 3 aromatic carbocycles. The lowest BCUT2D eigenvalue weighted by Gasteiger charge is -2.12. The summed E-state index contributed by atoms with van der Waals surface area (Å²) in [7, 11) is 0. The first-order chi connectivity index (χ1) is 14.4. The molecule has 5 heteroatoms. The maximum absolute atomic E-state index is 10.8. The van der Waals surface area contributed by atoms with Gasteiger partial charge in [0.1, 0.15) is 12.4 Å². The predicted molar refractivity (Wildman–Crippen MR) is 125 cm³/mol. The first kappa shape index (κ1) is 22.1. The maximum Gasteiger partial charge on any atom is 0.303 e. The summed E-state index contributed by atoms with van der Waals surface area (Å²) in [6.45, 7) is 2.38. The molecule has 30 heavy (non-hydrogen) atoms. The number of carboxylic acids is 1. The third-order valence-corrected chi connectivity index (χ3v) is 5.55. The number of benzene rings is 3. The lowest BCUT2D eigenvalue weighted by molar-refractivity contribution is -0.136. The Morgan fingerprint density at radius 2 is 1.67 bits per heavy atom. The predicted octanol–water partition coefficient (Wildman–Crippen LogP) is 6.94. The lowest BCUT2D eigenvalue weighted by Crippen LogP contribution is -2.00. The molecule has 0 aliphatic heterocycles. The van der Waals surface area contributed by atoms with E-state index in [1.54, 1.807) is 0 Å². The molecule has 0 fully saturated rings. The molecule has 0 saturated carbocycles. The summed E-state index contributed by atoms with van der Waals surface area (Å²) in [6.07, 6.45) is 2.70. The van der Waals surface area contributed by atoms with Crippen molar-refractivity contribution in [3.05, 3.63) is 105 Å². The molecule has 3 aromatic rings. The van der Waals surface area contributed by atoms with Gasteiger partial charge in [-0.25, -0.2) is 0 Å². The molecule has 154 valence electrons. The van der Waals surface area contributed by atoms with Gasteiger partial charge in [0.2, 0.25) is 0 Å². The van der Waals surface area contributed by atoms with E-state index in [4.69, 9.17) is 21.4 Å². The van der Waals surface area contributed by atoms with Crippen LogP contribution in [0.4, 0.5) is 0 Å². The van der Waals surface area contributed by atoms with Crippen LogP contribution in [0, 0.1) is 6.92 Å². The Labute approximate surface area is 190 Å². The second-order valence-electron chi connectivity index (χ2n) is 6.92. The van der Waals surface area contributed by atoms with Crippen molar-refractivity contribution in [3.63, 3.8) is 0 Å². The van der Waals surface area contributed by atoms with E-state index in [0.29, 0.717) is 18.1 Å². The van der Waals surface area contributed by atoms with E-state index in [1.165, 1.54) is 0 Å². The highest BCUT2D eigenvalue weighted by Crippen LogP contribution is 2.26. The van der Waals surface area contributed by atoms with Gasteiger partial charge in [-0.3, -0.25) is 4.79 Å². The molecule has 0 atom stereocenters. The Balaban J connectivity index is 1.77. The third kappa shape index (κ3) is 6.22. The number of carboxylic acid groups (broad SMARTS) is 1. The van der Waals surface area contributed by atoms with Gasteiger partial charge in [0.25, 0.3) is 0 Å². The lowest BCUT2D eigenvalue weighted by atomic mass is 9.98. The highest BCUT2D eigenvalue weighted by Gasteiger charge is 2.07. The highest BCUT2D eigenvalue weighted by atomic mass is 79.9. The molecule has 1 N–H and O–H groups in total. The average Bonchev–Trinajstić information content (AvgIpc) is 2.72. The van der Waals surface area contributed by atoms with Gasteiger partial charge >= 0.3 is 5.97 Å². The Hall–Kier alpha value is -2.56. The van der Waals surface area contributed by atoms with Crippen LogP contribution in [-0.4, -0.2) is 17.7 Å². The zero-order valence-electron chi connectivity index (χ0n) is 16.6. The number of ether oxygens (including phenoxy) is 1. The zero-order chi connectivity index (χ0) is 21.5. The fourth-order valence-corrected chi connectivity index (χ4v) is 3.55. The molecular formula is C25H22BrClO3. The van der Waals surface area contributed by atoms with Gasteiger partial charge in [-0.15, -0.1) is 0 Å². The average molecular weight is 486 g/mol. The number of carbonyl (C=O) groups is 1. The molecule has 0 aromatic heterocycles. The monoisotopic (exact) mass is 484 g/mol. The van der Waals surface area contributed by atoms with E-state index >= 15 is 0 Å². The number of rotatable bonds is 8. The summed E-state index contributed by atoms with van der Waals surface area (Å²) < 4.78 is 6.98. The summed E-state index contributed by atoms with van der Waals surface area (Å²) in [4.78, 5) is 10.8. The van der Waals surface area contributed by atoms with E-state index in [2.05, 4.69) is 34.1 Å². The molecule has 0 radical (unpaired) electrons. The van der Waals surface area contributed by atoms with Crippen molar-refractivity contribution in [3.8, 4) is 5.75 Å². The SMILES string of the molecule is Cc1cc(OC/C=C(/c2ccc(Cl)cc2)c2ccc(Br)cc2)ccc1CCC(=O)O. The molecule has 0 bridgehead atoms. The maximum atomic E-state index is 10.8. The van der Waals surface area contributed by atoms with Crippen molar-refractivity contribution in [2.24, 2.45) is 0 Å². The van der Waals surface area contributed by atoms with Gasteiger partial charge in [0.05, 0.1) is 0 Å². The van der Waals surface area contributed by atoms with Crippen LogP contribution < -0.4 is 4.74 Å². The van der Waals surface area contributed by atoms with Gasteiger partial charge in [-0.1, -0.05) is 57.9 Å². The molecule has 0 spiro atoms. The van der Waals surface area contributed by atoms with Gasteiger partial charge in [0.15, 0.2) is 0 Å². The topological polar surface area (TPSA) is 46.5 Å². The van der Waals surface area contributed by atoms with Crippen LogP contribution >= 0.6 is 27.5 Å². The number of halogens is 2. The molecule has 0 heterocycles. The van der Waals surface area contributed by atoms with Crippen molar-refractivity contribution >= 4 is 39.1 Å². The summed E-state index contributed by atoms with van der Waals surface area (Å²) in [5.74, 6) is -0.0309. The molecule has 0 aliphatic carbocycles. The molecule has 3 nitrogen and oxygen atoms in total. The Morgan fingerprint density at radius 3 is 2.27 bits per heavy atom. The van der Waals surface area contributed by atoms with Gasteiger partial charge < -0.3 is 9.84 Å². The van der Waals surface area contributed by atoms with Crippen molar-refractivity contribution in [1.82, 2.24) is 0 Å². The largest absolute Gasteiger partial charge is 0.490 e. The second kappa shape index (κ2) is 10.5. The molecule has 0 saturated heterocycles. The van der Waals surface area contributed by atoms with Crippen molar-refractivity contribution in [2.75, 3.05) is 6.61 Å². The molecule has 0 unspecified atom stereocenters. The van der Waals surface area contributed by atoms with E-state index < -0.39 is 5.97 Å². The Morgan fingerprint density at radius 1 is 1.03 bits per heavy atom. The molecule has 0 amide bonds. The van der Waals surface area contributed by atoms with Crippen LogP contribution in [0.5, 0.6) is 5.75 Å². The van der Waals surface area contributed by atoms with Crippen molar-refractivity contribution in [1.29, 1.82) is 0 Å². The van der Waals surface area contributed by atoms with E-state index in [9.17, 15) is 4.79 Å². The quantitative estimate of drug-likeness (QED) is 0.376. The van der Waals surface area contributed by atoms with E-state index in [1.807, 2.05) is 61.5 Å². The summed E-state index contributed by atoms with van der Waals surface area (Å²) in [6, 6.07) is 21.7. The number of aliphatic carboxylic acids is 1. The van der Waals surface area contributed by atoms with Crippen LogP contribution in [0.2, 0.25) is 5.02 Å². The van der Waals surface area contributed by atoms with Crippen LogP contribution in [-0.2, 0) is 11.2 Å². The van der Waals surface area contributed by atoms with Crippen LogP contribution in [0.1, 0.15) is 28.7 Å². The minimum Gasteiger partial charge on any atom is -0.490 e. The van der Waals surface area contributed by atoms with Crippen LogP contribution in [0.25, 0.3) is 5.57 Å². The number of hydrogen-bond donors (Lipinski definition) is 1. The van der Waals surface area contributed by atoms with Crippen molar-refractivity contribution < 1.29 is 14.6 Å². The summed E-state index contributed by atoms with van der Waals surface area (Å²) in [5.41, 5.74) is 5.27. The Kier molecular flexibility index (Phi) is 7.72. The smallest absolute Gasteiger partial charge is 0.303 e.